The highest BCUT2D eigenvalue weighted by Gasteiger charge is 2.34. The molecule has 0 radical (unpaired) electrons. The van der Waals surface area contributed by atoms with Gasteiger partial charge in [-0.25, -0.2) is 9.18 Å². The van der Waals surface area contributed by atoms with Crippen LogP contribution in [-0.2, 0) is 16.1 Å². The van der Waals surface area contributed by atoms with Crippen LogP contribution in [0.15, 0.2) is 84.6 Å². The first-order valence-electron chi connectivity index (χ1n) is 10.2. The van der Waals surface area contributed by atoms with E-state index in [0.717, 1.165) is 4.90 Å². The molecular weight excluding hydrogens is 425 g/mol. The third-order valence-corrected chi connectivity index (χ3v) is 4.88. The number of anilines is 1. The standard InChI is InChI=1S/C25H20FN3O4/c26-20-12-6-4-9-18(20)15-29-24(31)21(28-25(29)32)14-17-8-5-7-13-22(17)33-16-23(30)27-19-10-2-1-3-11-19/h1-14H,15-16H2,(H,27,30)(H,28,32)/b21-14-. The lowest BCUT2D eigenvalue weighted by atomic mass is 10.1. The second kappa shape index (κ2) is 9.78. The Labute approximate surface area is 189 Å². The zero-order valence-electron chi connectivity index (χ0n) is 17.5. The number of rotatable bonds is 7. The van der Waals surface area contributed by atoms with Crippen LogP contribution >= 0.6 is 0 Å². The van der Waals surface area contributed by atoms with Crippen LogP contribution in [-0.4, -0.2) is 29.4 Å². The lowest BCUT2D eigenvalue weighted by Crippen LogP contribution is -2.30. The van der Waals surface area contributed by atoms with Crippen molar-refractivity contribution < 1.29 is 23.5 Å². The summed E-state index contributed by atoms with van der Waals surface area (Å²) in [6, 6.07) is 21.1. The molecule has 0 spiro atoms. The average molecular weight is 445 g/mol. The molecular formula is C25H20FN3O4. The van der Waals surface area contributed by atoms with Crippen LogP contribution in [0.5, 0.6) is 5.75 Å². The second-order valence-corrected chi connectivity index (χ2v) is 7.21. The van der Waals surface area contributed by atoms with Gasteiger partial charge in [0, 0.05) is 16.8 Å². The van der Waals surface area contributed by atoms with E-state index in [9.17, 15) is 18.8 Å². The van der Waals surface area contributed by atoms with Crippen LogP contribution in [0.1, 0.15) is 11.1 Å². The van der Waals surface area contributed by atoms with E-state index in [1.165, 1.54) is 24.3 Å². The molecule has 3 aromatic carbocycles. The quantitative estimate of drug-likeness (QED) is 0.426. The molecule has 0 bridgehead atoms. The maximum absolute atomic E-state index is 13.9. The van der Waals surface area contributed by atoms with Crippen LogP contribution < -0.4 is 15.4 Å². The van der Waals surface area contributed by atoms with Gasteiger partial charge in [0.1, 0.15) is 17.3 Å². The van der Waals surface area contributed by atoms with Crippen molar-refractivity contribution in [2.45, 2.75) is 6.54 Å². The van der Waals surface area contributed by atoms with E-state index in [0.29, 0.717) is 17.0 Å². The lowest BCUT2D eigenvalue weighted by molar-refractivity contribution is -0.123. The van der Waals surface area contributed by atoms with Gasteiger partial charge in [0.25, 0.3) is 11.8 Å². The van der Waals surface area contributed by atoms with Crippen molar-refractivity contribution in [3.63, 3.8) is 0 Å². The van der Waals surface area contributed by atoms with Crippen LogP contribution in [0.4, 0.5) is 14.9 Å². The average Bonchev–Trinajstić information content (AvgIpc) is 3.08. The molecule has 4 amide bonds. The molecule has 0 unspecified atom stereocenters. The summed E-state index contributed by atoms with van der Waals surface area (Å²) in [5, 5.41) is 5.23. The Morgan fingerprint density at radius 3 is 2.45 bits per heavy atom. The van der Waals surface area contributed by atoms with Crippen molar-refractivity contribution in [3.8, 4) is 5.75 Å². The summed E-state index contributed by atoms with van der Waals surface area (Å²) >= 11 is 0. The van der Waals surface area contributed by atoms with Crippen LogP contribution in [0.2, 0.25) is 0 Å². The predicted octanol–water partition coefficient (Wildman–Crippen LogP) is 3.94. The molecule has 0 aromatic heterocycles. The summed E-state index contributed by atoms with van der Waals surface area (Å²) in [5.74, 6) is -1.06. The Bertz CT molecular complexity index is 1230. The number of urea groups is 1. The zero-order valence-corrected chi connectivity index (χ0v) is 17.5. The fourth-order valence-electron chi connectivity index (χ4n) is 3.26. The minimum atomic E-state index is -0.643. The van der Waals surface area contributed by atoms with Gasteiger partial charge in [0.05, 0.1) is 6.54 Å². The summed E-state index contributed by atoms with van der Waals surface area (Å²) in [5.41, 5.74) is 1.41. The van der Waals surface area contributed by atoms with Gasteiger partial charge in [-0.3, -0.25) is 14.5 Å². The van der Waals surface area contributed by atoms with Gasteiger partial charge in [0.15, 0.2) is 6.61 Å². The first kappa shape index (κ1) is 21.8. The van der Waals surface area contributed by atoms with E-state index in [4.69, 9.17) is 4.74 Å². The summed E-state index contributed by atoms with van der Waals surface area (Å²) in [6.45, 7) is -0.429. The summed E-state index contributed by atoms with van der Waals surface area (Å²) in [4.78, 5) is 38.2. The molecule has 0 saturated carbocycles. The van der Waals surface area contributed by atoms with Crippen molar-refractivity contribution in [1.82, 2.24) is 10.2 Å². The van der Waals surface area contributed by atoms with Gasteiger partial charge >= 0.3 is 6.03 Å². The van der Waals surface area contributed by atoms with Gasteiger partial charge in [-0.15, -0.1) is 0 Å². The third kappa shape index (κ3) is 5.24. The summed E-state index contributed by atoms with van der Waals surface area (Å²) < 4.78 is 19.6. The topological polar surface area (TPSA) is 87.7 Å². The number of halogens is 1. The van der Waals surface area contributed by atoms with E-state index in [2.05, 4.69) is 10.6 Å². The van der Waals surface area contributed by atoms with E-state index in [1.807, 2.05) is 6.07 Å². The van der Waals surface area contributed by atoms with Crippen LogP contribution in [0.25, 0.3) is 6.08 Å². The number of hydrogen-bond acceptors (Lipinski definition) is 4. The van der Waals surface area contributed by atoms with E-state index in [-0.39, 0.29) is 30.3 Å². The fourth-order valence-corrected chi connectivity index (χ4v) is 3.26. The zero-order chi connectivity index (χ0) is 23.2. The molecule has 166 valence electrons. The minimum absolute atomic E-state index is 0.0288. The Morgan fingerprint density at radius 2 is 1.67 bits per heavy atom. The summed E-state index contributed by atoms with van der Waals surface area (Å²) in [6.07, 6.45) is 1.46. The number of carbonyl (C=O) groups excluding carboxylic acids is 3. The number of amides is 4. The number of benzene rings is 3. The molecule has 33 heavy (non-hydrogen) atoms. The molecule has 3 aromatic rings. The van der Waals surface area contributed by atoms with Crippen LogP contribution in [0, 0.1) is 5.82 Å². The third-order valence-electron chi connectivity index (χ3n) is 4.88. The highest BCUT2D eigenvalue weighted by molar-refractivity contribution is 6.14. The minimum Gasteiger partial charge on any atom is -0.483 e. The SMILES string of the molecule is O=C(COc1ccccc1/C=C1\NC(=O)N(Cc2ccccc2F)C1=O)Nc1ccccc1. The molecule has 1 saturated heterocycles. The van der Waals surface area contributed by atoms with Crippen LogP contribution in [0.3, 0.4) is 0 Å². The van der Waals surface area contributed by atoms with Crippen molar-refractivity contribution in [1.29, 1.82) is 0 Å². The van der Waals surface area contributed by atoms with Crippen molar-refractivity contribution in [2.24, 2.45) is 0 Å². The normalized spacial score (nSPS) is 14.3. The van der Waals surface area contributed by atoms with Crippen molar-refractivity contribution in [3.05, 3.63) is 102 Å². The van der Waals surface area contributed by atoms with Crippen molar-refractivity contribution in [2.75, 3.05) is 11.9 Å². The van der Waals surface area contributed by atoms with Gasteiger partial charge < -0.3 is 15.4 Å². The number of nitrogens with zero attached hydrogens (tertiary/aromatic N) is 1. The Kier molecular flexibility index (Phi) is 6.45. The maximum Gasteiger partial charge on any atom is 0.329 e. The van der Waals surface area contributed by atoms with Crippen molar-refractivity contribution >= 4 is 29.6 Å². The lowest BCUT2D eigenvalue weighted by Gasteiger charge is -2.12. The predicted molar refractivity (Wildman–Crippen MR) is 120 cm³/mol. The maximum atomic E-state index is 13.9. The molecule has 4 rings (SSSR count). The number of hydrogen-bond donors (Lipinski definition) is 2. The number of nitrogens with one attached hydrogen (secondary N) is 2. The molecule has 0 aliphatic carbocycles. The fraction of sp³-hybridized carbons (Fsp3) is 0.0800. The van der Waals surface area contributed by atoms with E-state index >= 15 is 0 Å². The molecule has 1 fully saturated rings. The highest BCUT2D eigenvalue weighted by Crippen LogP contribution is 2.24. The molecule has 8 heteroatoms. The number of para-hydroxylation sites is 2. The first-order chi connectivity index (χ1) is 16.0. The van der Waals surface area contributed by atoms with Gasteiger partial charge in [-0.2, -0.15) is 0 Å². The molecule has 7 nitrogen and oxygen atoms in total. The smallest absolute Gasteiger partial charge is 0.329 e. The van der Waals surface area contributed by atoms with Gasteiger partial charge in [-0.1, -0.05) is 54.6 Å². The largest absolute Gasteiger partial charge is 0.483 e. The van der Waals surface area contributed by atoms with E-state index in [1.54, 1.807) is 54.6 Å². The van der Waals surface area contributed by atoms with Gasteiger partial charge in [-0.05, 0) is 30.3 Å². The molecule has 1 aliphatic rings. The monoisotopic (exact) mass is 445 g/mol. The number of carbonyl (C=O) groups is 3. The Morgan fingerprint density at radius 1 is 0.970 bits per heavy atom. The van der Waals surface area contributed by atoms with E-state index < -0.39 is 17.8 Å². The second-order valence-electron chi connectivity index (χ2n) is 7.21. The first-order valence-corrected chi connectivity index (χ1v) is 10.2. The molecule has 0 atom stereocenters. The summed E-state index contributed by atoms with van der Waals surface area (Å²) in [7, 11) is 0. The Hall–Kier alpha value is -4.46. The number of imide groups is 1. The van der Waals surface area contributed by atoms with Gasteiger partial charge in [0.2, 0.25) is 0 Å². The molecule has 2 N–H and O–H groups in total. The molecule has 1 heterocycles. The Balaban J connectivity index is 1.46. The molecule has 1 aliphatic heterocycles. The highest BCUT2D eigenvalue weighted by atomic mass is 19.1. The number of ether oxygens (including phenoxy) is 1.